The number of urea groups is 1. The van der Waals surface area contributed by atoms with E-state index < -0.39 is 31.1 Å². The summed E-state index contributed by atoms with van der Waals surface area (Å²) in [5, 5.41) is 12.9. The molecule has 1 aromatic rings. The van der Waals surface area contributed by atoms with E-state index in [2.05, 4.69) is 26.0 Å². The average molecular weight is 345 g/mol. The molecule has 0 atom stereocenters. The first-order valence-electron chi connectivity index (χ1n) is 5.55. The van der Waals surface area contributed by atoms with E-state index >= 15 is 0 Å². The maximum absolute atomic E-state index is 11.6. The number of benzene rings is 1. The number of halogens is 1. The van der Waals surface area contributed by atoms with Gasteiger partial charge in [-0.05, 0) is 24.6 Å². The van der Waals surface area contributed by atoms with Gasteiger partial charge in [-0.15, -0.1) is 0 Å². The summed E-state index contributed by atoms with van der Waals surface area (Å²) in [5.41, 5.74) is 1.38. The monoisotopic (exact) mass is 344 g/mol. The van der Waals surface area contributed by atoms with E-state index in [0.29, 0.717) is 5.69 Å². The quantitative estimate of drug-likeness (QED) is 0.750. The molecule has 0 spiro atoms. The largest absolute Gasteiger partial charge is 0.480 e. The molecule has 20 heavy (non-hydrogen) atoms. The lowest BCUT2D eigenvalue weighted by molar-refractivity contribution is -0.143. The number of nitrogens with one attached hydrogen (secondary N) is 2. The Labute approximate surface area is 123 Å². The zero-order chi connectivity index (χ0) is 15.1. The number of hydrogen-bond donors (Lipinski definition) is 3. The Morgan fingerprint density at radius 3 is 2.65 bits per heavy atom. The Balaban J connectivity index is 2.45. The molecule has 0 bridgehead atoms. The van der Waals surface area contributed by atoms with Gasteiger partial charge in [0.1, 0.15) is 13.2 Å². The fourth-order valence-electron chi connectivity index (χ4n) is 1.28. The number of hydrogen-bond acceptors (Lipinski definition) is 4. The van der Waals surface area contributed by atoms with Gasteiger partial charge in [0.05, 0.1) is 0 Å². The van der Waals surface area contributed by atoms with Crippen molar-refractivity contribution in [3.8, 4) is 0 Å². The molecule has 1 aromatic carbocycles. The summed E-state index contributed by atoms with van der Waals surface area (Å²) in [6, 6.07) is 4.61. The van der Waals surface area contributed by atoms with Crippen LogP contribution in [0.1, 0.15) is 5.56 Å². The van der Waals surface area contributed by atoms with Gasteiger partial charge in [-0.2, -0.15) is 0 Å². The molecule has 0 aliphatic rings. The fourth-order valence-corrected chi connectivity index (χ4v) is 1.64. The normalized spacial score (nSPS) is 9.90. The summed E-state index contributed by atoms with van der Waals surface area (Å²) in [7, 11) is 0. The predicted molar refractivity (Wildman–Crippen MR) is 74.5 cm³/mol. The van der Waals surface area contributed by atoms with Gasteiger partial charge in [0.25, 0.3) is 5.91 Å². The number of aryl methyl sites for hydroxylation is 1. The van der Waals surface area contributed by atoms with Crippen molar-refractivity contribution in [1.82, 2.24) is 5.32 Å². The highest BCUT2D eigenvalue weighted by Gasteiger charge is 2.10. The van der Waals surface area contributed by atoms with Crippen LogP contribution < -0.4 is 10.6 Å². The van der Waals surface area contributed by atoms with Crippen LogP contribution in [0.15, 0.2) is 22.7 Å². The van der Waals surface area contributed by atoms with E-state index in [1.807, 2.05) is 11.4 Å². The molecule has 1 rings (SSSR count). The maximum atomic E-state index is 11.6. The van der Waals surface area contributed by atoms with E-state index in [4.69, 9.17) is 5.11 Å². The van der Waals surface area contributed by atoms with Crippen LogP contribution in [0, 0.1) is 6.92 Å². The van der Waals surface area contributed by atoms with E-state index in [1.165, 1.54) is 0 Å². The molecule has 0 aliphatic carbocycles. The third-order valence-corrected chi connectivity index (χ3v) is 2.65. The zero-order valence-electron chi connectivity index (χ0n) is 10.6. The number of rotatable bonds is 5. The van der Waals surface area contributed by atoms with Crippen molar-refractivity contribution in [2.45, 2.75) is 6.92 Å². The summed E-state index contributed by atoms with van der Waals surface area (Å²) in [5.74, 6) is -1.91. The molecule has 7 nitrogen and oxygen atoms in total. The zero-order valence-corrected chi connectivity index (χ0v) is 12.2. The number of aliphatic carboxylic acids is 1. The van der Waals surface area contributed by atoms with Crippen LogP contribution >= 0.6 is 15.9 Å². The molecule has 0 aliphatic heterocycles. The van der Waals surface area contributed by atoms with E-state index in [9.17, 15) is 14.4 Å². The smallest absolute Gasteiger partial charge is 0.329 e. The van der Waals surface area contributed by atoms with Crippen LogP contribution in [0.3, 0.4) is 0 Å². The van der Waals surface area contributed by atoms with Gasteiger partial charge in [-0.1, -0.05) is 22.0 Å². The lowest BCUT2D eigenvalue weighted by atomic mass is 10.2. The Morgan fingerprint density at radius 2 is 2.00 bits per heavy atom. The summed E-state index contributed by atoms with van der Waals surface area (Å²) < 4.78 is 5.34. The molecule has 8 heteroatoms. The minimum atomic E-state index is -1.19. The second kappa shape index (κ2) is 7.61. The molecule has 0 unspecified atom stereocenters. The first-order chi connectivity index (χ1) is 9.38. The minimum absolute atomic E-state index is 0.503. The van der Waals surface area contributed by atoms with Crippen LogP contribution in [0.5, 0.6) is 0 Å². The van der Waals surface area contributed by atoms with Gasteiger partial charge < -0.3 is 15.2 Å². The number of carbonyl (C=O) groups is 3. The van der Waals surface area contributed by atoms with Crippen LogP contribution in [0.2, 0.25) is 0 Å². The van der Waals surface area contributed by atoms with Gasteiger partial charge in [0.2, 0.25) is 0 Å². The highest BCUT2D eigenvalue weighted by atomic mass is 79.9. The van der Waals surface area contributed by atoms with Gasteiger partial charge >= 0.3 is 12.0 Å². The van der Waals surface area contributed by atoms with E-state index in [0.717, 1.165) is 10.0 Å². The number of imide groups is 1. The molecular weight excluding hydrogens is 332 g/mol. The standard InChI is InChI=1S/C12H13BrN2O5/c1-7-2-3-8(13)4-9(7)14-12(19)15-10(16)5-20-6-11(17)18/h2-4H,5-6H2,1H3,(H,17,18)(H2,14,15,16,19). The molecule has 0 saturated heterocycles. The van der Waals surface area contributed by atoms with Gasteiger partial charge in [0, 0.05) is 10.2 Å². The van der Waals surface area contributed by atoms with Crippen LogP contribution in [-0.2, 0) is 14.3 Å². The van der Waals surface area contributed by atoms with Crippen molar-refractivity contribution in [3.05, 3.63) is 28.2 Å². The first-order valence-corrected chi connectivity index (χ1v) is 6.34. The molecule has 0 radical (unpaired) electrons. The maximum Gasteiger partial charge on any atom is 0.329 e. The number of anilines is 1. The molecule has 0 saturated carbocycles. The third kappa shape index (κ3) is 5.81. The van der Waals surface area contributed by atoms with Crippen LogP contribution in [0.25, 0.3) is 0 Å². The van der Waals surface area contributed by atoms with E-state index in [-0.39, 0.29) is 0 Å². The van der Waals surface area contributed by atoms with Crippen molar-refractivity contribution in [3.63, 3.8) is 0 Å². The molecule has 0 aromatic heterocycles. The molecule has 0 fully saturated rings. The molecule has 0 heterocycles. The SMILES string of the molecule is Cc1ccc(Br)cc1NC(=O)NC(=O)COCC(=O)O. The van der Waals surface area contributed by atoms with E-state index in [1.54, 1.807) is 19.1 Å². The topological polar surface area (TPSA) is 105 Å². The highest BCUT2D eigenvalue weighted by molar-refractivity contribution is 9.10. The number of ether oxygens (including phenoxy) is 1. The van der Waals surface area contributed by atoms with Crippen molar-refractivity contribution in [2.75, 3.05) is 18.5 Å². The lowest BCUT2D eigenvalue weighted by Gasteiger charge is -2.09. The molecule has 108 valence electrons. The molecular formula is C12H13BrN2O5. The van der Waals surface area contributed by atoms with Crippen LogP contribution in [-0.4, -0.2) is 36.2 Å². The summed E-state index contributed by atoms with van der Waals surface area (Å²) in [4.78, 5) is 33.0. The minimum Gasteiger partial charge on any atom is -0.480 e. The van der Waals surface area contributed by atoms with Crippen LogP contribution in [0.4, 0.5) is 10.5 Å². The number of carboxylic acid groups (broad SMARTS) is 1. The Morgan fingerprint density at radius 1 is 1.30 bits per heavy atom. The molecule has 3 amide bonds. The summed E-state index contributed by atoms with van der Waals surface area (Å²) >= 11 is 3.27. The van der Waals surface area contributed by atoms with Gasteiger partial charge in [0.15, 0.2) is 0 Å². The summed E-state index contributed by atoms with van der Waals surface area (Å²) in [6.45, 7) is 0.705. The summed E-state index contributed by atoms with van der Waals surface area (Å²) in [6.07, 6.45) is 0. The van der Waals surface area contributed by atoms with Gasteiger partial charge in [-0.25, -0.2) is 9.59 Å². The van der Waals surface area contributed by atoms with Gasteiger partial charge in [-0.3, -0.25) is 10.1 Å². The highest BCUT2D eigenvalue weighted by Crippen LogP contribution is 2.20. The Hall–Kier alpha value is -1.93. The molecule has 3 N–H and O–H groups in total. The Bertz CT molecular complexity index is 533. The van der Waals surface area contributed by atoms with Crippen molar-refractivity contribution in [1.29, 1.82) is 0 Å². The number of carbonyl (C=O) groups excluding carboxylic acids is 2. The van der Waals surface area contributed by atoms with Crippen molar-refractivity contribution < 1.29 is 24.2 Å². The fraction of sp³-hybridized carbons (Fsp3) is 0.250. The number of carboxylic acids is 1. The first kappa shape index (κ1) is 16.1. The number of amides is 3. The van der Waals surface area contributed by atoms with Crippen molar-refractivity contribution >= 4 is 39.5 Å². The lowest BCUT2D eigenvalue weighted by Crippen LogP contribution is -2.37. The van der Waals surface area contributed by atoms with Crippen molar-refractivity contribution in [2.24, 2.45) is 0 Å². The average Bonchev–Trinajstić information content (AvgIpc) is 2.33. The third-order valence-electron chi connectivity index (χ3n) is 2.16. The second-order valence-electron chi connectivity index (χ2n) is 3.85. The second-order valence-corrected chi connectivity index (χ2v) is 4.76. The Kier molecular flexibility index (Phi) is 6.13. The predicted octanol–water partition coefficient (Wildman–Crippen LogP) is 1.51.